The van der Waals surface area contributed by atoms with Crippen LogP contribution in [-0.4, -0.2) is 38.9 Å². The molecule has 9 nitrogen and oxygen atoms in total. The third kappa shape index (κ3) is 5.75. The average Bonchev–Trinajstić information content (AvgIpc) is 3.39. The van der Waals surface area contributed by atoms with Crippen LogP contribution < -0.4 is 15.6 Å². The molecule has 2 heterocycles. The van der Waals surface area contributed by atoms with Crippen LogP contribution in [0.15, 0.2) is 52.2 Å². The Bertz CT molecular complexity index is 959. The maximum Gasteiger partial charge on any atom is 0.276 e. The van der Waals surface area contributed by atoms with Gasteiger partial charge >= 0.3 is 0 Å². The van der Waals surface area contributed by atoms with Crippen molar-refractivity contribution in [2.45, 2.75) is 18.6 Å². The summed E-state index contributed by atoms with van der Waals surface area (Å²) in [6.45, 7) is 2.32. The Morgan fingerprint density at radius 2 is 1.93 bits per heavy atom. The third-order valence-electron chi connectivity index (χ3n) is 3.63. The maximum atomic E-state index is 12.0. The number of benzene rings is 1. The molecule has 2 N–H and O–H groups in total. The van der Waals surface area contributed by atoms with Crippen LogP contribution in [0.5, 0.6) is 5.75 Å². The highest BCUT2D eigenvalue weighted by molar-refractivity contribution is 7.99. The fraction of sp³-hybridized carbons (Fsp3) is 0.222. The van der Waals surface area contributed by atoms with Crippen molar-refractivity contribution in [2.24, 2.45) is 0 Å². The van der Waals surface area contributed by atoms with Gasteiger partial charge in [0.1, 0.15) is 5.75 Å². The fourth-order valence-electron chi connectivity index (χ4n) is 2.29. The van der Waals surface area contributed by atoms with Gasteiger partial charge in [0.15, 0.2) is 23.3 Å². The molecule has 0 radical (unpaired) electrons. The van der Waals surface area contributed by atoms with Crippen LogP contribution in [0.3, 0.4) is 0 Å². The molecule has 2 aromatic heterocycles. The molecule has 29 heavy (non-hydrogen) atoms. The summed E-state index contributed by atoms with van der Waals surface area (Å²) in [6, 6.07) is 10.2. The van der Waals surface area contributed by atoms with E-state index in [0.717, 1.165) is 0 Å². The van der Waals surface area contributed by atoms with Crippen molar-refractivity contribution in [3.05, 3.63) is 47.7 Å². The number of hydrogen-bond acceptors (Lipinski definition) is 7. The first-order valence-electron chi connectivity index (χ1n) is 8.62. The Balaban J connectivity index is 1.43. The van der Waals surface area contributed by atoms with Crippen LogP contribution in [-0.2, 0) is 16.1 Å². The molecule has 0 spiro atoms. The lowest BCUT2D eigenvalue weighted by Crippen LogP contribution is -2.44. The summed E-state index contributed by atoms with van der Waals surface area (Å²) in [5.74, 6) is 0.860. The number of nitrogens with one attached hydrogen (secondary N) is 2. The molecule has 152 valence electrons. The normalized spacial score (nSPS) is 10.6. The molecule has 11 heteroatoms. The molecule has 0 unspecified atom stereocenters. The van der Waals surface area contributed by atoms with Crippen molar-refractivity contribution >= 4 is 35.2 Å². The SMILES string of the molecule is CCn1c(SCC(=O)NNC(=O)COc2ccc(Cl)cc2)nnc1-c1ccco1. The van der Waals surface area contributed by atoms with E-state index in [1.807, 2.05) is 11.5 Å². The quantitative estimate of drug-likeness (QED) is 0.413. The van der Waals surface area contributed by atoms with Crippen LogP contribution >= 0.6 is 23.4 Å². The molecule has 3 aromatic rings. The summed E-state index contributed by atoms with van der Waals surface area (Å²) in [6.07, 6.45) is 1.56. The van der Waals surface area contributed by atoms with Gasteiger partial charge in [-0.25, -0.2) is 0 Å². The monoisotopic (exact) mass is 435 g/mol. The number of carbonyl (C=O) groups is 2. The molecule has 0 saturated carbocycles. The van der Waals surface area contributed by atoms with Gasteiger partial charge < -0.3 is 9.15 Å². The molecule has 0 saturated heterocycles. The lowest BCUT2D eigenvalue weighted by molar-refractivity contribution is -0.128. The highest BCUT2D eigenvalue weighted by atomic mass is 35.5. The van der Waals surface area contributed by atoms with E-state index in [9.17, 15) is 9.59 Å². The van der Waals surface area contributed by atoms with E-state index in [-0.39, 0.29) is 18.3 Å². The minimum absolute atomic E-state index is 0.0502. The van der Waals surface area contributed by atoms with Gasteiger partial charge in [0, 0.05) is 11.6 Å². The van der Waals surface area contributed by atoms with Crippen molar-refractivity contribution in [3.63, 3.8) is 0 Å². The first kappa shape index (κ1) is 20.7. The van der Waals surface area contributed by atoms with Crippen molar-refractivity contribution < 1.29 is 18.7 Å². The summed E-state index contributed by atoms with van der Waals surface area (Å²) in [5, 5.41) is 9.36. The fourth-order valence-corrected chi connectivity index (χ4v) is 3.22. The number of aromatic nitrogens is 3. The number of halogens is 1. The van der Waals surface area contributed by atoms with Crippen molar-refractivity contribution in [1.82, 2.24) is 25.6 Å². The highest BCUT2D eigenvalue weighted by Crippen LogP contribution is 2.24. The molecular formula is C18H18ClN5O4S. The van der Waals surface area contributed by atoms with Gasteiger partial charge in [0.25, 0.3) is 5.91 Å². The van der Waals surface area contributed by atoms with Crippen LogP contribution in [0.2, 0.25) is 5.02 Å². The van der Waals surface area contributed by atoms with Gasteiger partial charge in [-0.2, -0.15) is 0 Å². The number of carbonyl (C=O) groups excluding carboxylic acids is 2. The Hall–Kier alpha value is -2.98. The van der Waals surface area contributed by atoms with E-state index < -0.39 is 5.91 Å². The van der Waals surface area contributed by atoms with Crippen molar-refractivity contribution in [3.8, 4) is 17.3 Å². The standard InChI is InChI=1S/C18H18ClN5O4S/c1-2-24-17(14-4-3-9-27-14)22-23-18(24)29-11-16(26)21-20-15(25)10-28-13-7-5-12(19)6-8-13/h3-9H,2,10-11H2,1H3,(H,20,25)(H,21,26). The van der Waals surface area contributed by atoms with Crippen LogP contribution in [0.25, 0.3) is 11.6 Å². The molecule has 0 fully saturated rings. The van der Waals surface area contributed by atoms with Gasteiger partial charge in [0.05, 0.1) is 12.0 Å². The Labute approximate surface area is 175 Å². The van der Waals surface area contributed by atoms with Gasteiger partial charge in [-0.3, -0.25) is 25.0 Å². The van der Waals surface area contributed by atoms with Crippen molar-refractivity contribution in [1.29, 1.82) is 0 Å². The molecule has 2 amide bonds. The summed E-state index contributed by atoms with van der Waals surface area (Å²) in [4.78, 5) is 23.8. The third-order valence-corrected chi connectivity index (χ3v) is 4.85. The first-order valence-corrected chi connectivity index (χ1v) is 9.99. The van der Waals surface area contributed by atoms with E-state index in [1.165, 1.54) is 11.8 Å². The van der Waals surface area contributed by atoms with E-state index in [2.05, 4.69) is 21.0 Å². The maximum absolute atomic E-state index is 12.0. The molecular weight excluding hydrogens is 418 g/mol. The number of ether oxygens (including phenoxy) is 1. The zero-order valence-corrected chi connectivity index (χ0v) is 17.0. The molecule has 0 aliphatic heterocycles. The number of thioether (sulfide) groups is 1. The summed E-state index contributed by atoms with van der Waals surface area (Å²) in [5.41, 5.74) is 4.63. The Morgan fingerprint density at radius 3 is 2.62 bits per heavy atom. The number of nitrogens with zero attached hydrogens (tertiary/aromatic N) is 3. The van der Waals surface area contributed by atoms with E-state index >= 15 is 0 Å². The average molecular weight is 436 g/mol. The molecule has 3 rings (SSSR count). The largest absolute Gasteiger partial charge is 0.484 e. The van der Waals surface area contributed by atoms with Crippen LogP contribution in [0.1, 0.15) is 6.92 Å². The summed E-state index contributed by atoms with van der Waals surface area (Å²) in [7, 11) is 0. The topological polar surface area (TPSA) is 111 Å². The number of amides is 2. The number of hydrogen-bond donors (Lipinski definition) is 2. The van der Waals surface area contributed by atoms with E-state index in [0.29, 0.717) is 34.1 Å². The van der Waals surface area contributed by atoms with Gasteiger partial charge in [-0.05, 0) is 43.3 Å². The smallest absolute Gasteiger partial charge is 0.276 e. The number of furan rings is 1. The predicted molar refractivity (Wildman–Crippen MR) is 107 cm³/mol. The Kier molecular flexibility index (Phi) is 7.14. The number of rotatable bonds is 8. The van der Waals surface area contributed by atoms with E-state index in [1.54, 1.807) is 42.7 Å². The van der Waals surface area contributed by atoms with Crippen LogP contribution in [0.4, 0.5) is 0 Å². The summed E-state index contributed by atoms with van der Waals surface area (Å²) >= 11 is 6.98. The highest BCUT2D eigenvalue weighted by Gasteiger charge is 2.16. The molecule has 0 aliphatic rings. The molecule has 0 atom stereocenters. The molecule has 1 aromatic carbocycles. The predicted octanol–water partition coefficient (Wildman–Crippen LogP) is 2.53. The lowest BCUT2D eigenvalue weighted by atomic mass is 10.3. The first-order chi connectivity index (χ1) is 14.1. The molecule has 0 bridgehead atoms. The van der Waals surface area contributed by atoms with Gasteiger partial charge in [-0.1, -0.05) is 23.4 Å². The summed E-state index contributed by atoms with van der Waals surface area (Å²) < 4.78 is 12.5. The molecule has 0 aliphatic carbocycles. The van der Waals surface area contributed by atoms with Crippen LogP contribution in [0, 0.1) is 0 Å². The number of hydrazine groups is 1. The minimum atomic E-state index is -0.491. The lowest BCUT2D eigenvalue weighted by Gasteiger charge is -2.09. The van der Waals surface area contributed by atoms with Gasteiger partial charge in [0.2, 0.25) is 5.91 Å². The second-order valence-electron chi connectivity index (χ2n) is 5.66. The second-order valence-corrected chi connectivity index (χ2v) is 7.03. The zero-order valence-electron chi connectivity index (χ0n) is 15.4. The second kappa shape index (κ2) is 9.99. The Morgan fingerprint density at radius 1 is 1.17 bits per heavy atom. The van der Waals surface area contributed by atoms with E-state index in [4.69, 9.17) is 20.8 Å². The van der Waals surface area contributed by atoms with Crippen molar-refractivity contribution in [2.75, 3.05) is 12.4 Å². The zero-order chi connectivity index (χ0) is 20.6. The van der Waals surface area contributed by atoms with Gasteiger partial charge in [-0.15, -0.1) is 10.2 Å². The minimum Gasteiger partial charge on any atom is -0.484 e.